The van der Waals surface area contributed by atoms with Crippen LogP contribution in [0, 0.1) is 6.92 Å². The zero-order chi connectivity index (χ0) is 19.2. The molecule has 0 radical (unpaired) electrons. The zero-order valence-electron chi connectivity index (χ0n) is 15.4. The quantitative estimate of drug-likeness (QED) is 0.724. The molecule has 2 aromatic rings. The fourth-order valence-electron chi connectivity index (χ4n) is 2.60. The molecule has 2 aromatic carbocycles. The standard InChI is InChI=1S/C21H23NO5/c1-14-8-11-17(18(12-14)25-2)26-13-19(23)27-20(15-6-4-3-5-7-15)21(24)22-16-9-10-16/h3-8,11-12,16,20H,9-10,13H2,1-2H3,(H,22,24). The highest BCUT2D eigenvalue weighted by atomic mass is 16.6. The Labute approximate surface area is 158 Å². The molecule has 1 saturated carbocycles. The van der Waals surface area contributed by atoms with Gasteiger partial charge in [0.15, 0.2) is 18.1 Å². The Morgan fingerprint density at radius 2 is 1.85 bits per heavy atom. The molecule has 0 aliphatic heterocycles. The first-order valence-corrected chi connectivity index (χ1v) is 8.89. The first kappa shape index (κ1) is 18.8. The fourth-order valence-corrected chi connectivity index (χ4v) is 2.60. The normalized spacial score (nSPS) is 14.1. The highest BCUT2D eigenvalue weighted by molar-refractivity contribution is 5.85. The maximum Gasteiger partial charge on any atom is 0.345 e. The summed E-state index contributed by atoms with van der Waals surface area (Å²) in [5, 5.41) is 2.88. The summed E-state index contributed by atoms with van der Waals surface area (Å²) in [6.07, 6.45) is 0.914. The molecule has 1 amide bonds. The van der Waals surface area contributed by atoms with Gasteiger partial charge in [0, 0.05) is 11.6 Å². The summed E-state index contributed by atoms with van der Waals surface area (Å²) in [5.41, 5.74) is 1.64. The molecule has 1 unspecified atom stereocenters. The van der Waals surface area contributed by atoms with Crippen LogP contribution in [0.1, 0.15) is 30.1 Å². The molecule has 3 rings (SSSR count). The molecule has 0 aromatic heterocycles. The molecule has 27 heavy (non-hydrogen) atoms. The van der Waals surface area contributed by atoms with Crippen LogP contribution >= 0.6 is 0 Å². The average Bonchev–Trinajstić information content (AvgIpc) is 3.49. The molecular formula is C21H23NO5. The van der Waals surface area contributed by atoms with Crippen LogP contribution in [0.4, 0.5) is 0 Å². The number of carbonyl (C=O) groups is 2. The average molecular weight is 369 g/mol. The summed E-state index contributed by atoms with van der Waals surface area (Å²) in [7, 11) is 1.54. The van der Waals surface area contributed by atoms with Crippen molar-refractivity contribution in [3.8, 4) is 11.5 Å². The number of hydrogen-bond acceptors (Lipinski definition) is 5. The number of esters is 1. The van der Waals surface area contributed by atoms with Gasteiger partial charge >= 0.3 is 5.97 Å². The molecule has 1 atom stereocenters. The van der Waals surface area contributed by atoms with E-state index < -0.39 is 12.1 Å². The lowest BCUT2D eigenvalue weighted by molar-refractivity contribution is -0.158. The SMILES string of the molecule is COc1cc(C)ccc1OCC(=O)OC(C(=O)NC1CC1)c1ccccc1. The largest absolute Gasteiger partial charge is 0.493 e. The van der Waals surface area contributed by atoms with Crippen LogP contribution < -0.4 is 14.8 Å². The van der Waals surface area contributed by atoms with Crippen LogP contribution in [0.15, 0.2) is 48.5 Å². The minimum Gasteiger partial charge on any atom is -0.493 e. The summed E-state index contributed by atoms with van der Waals surface area (Å²) >= 11 is 0. The molecule has 0 saturated heterocycles. The van der Waals surface area contributed by atoms with Crippen molar-refractivity contribution in [1.29, 1.82) is 0 Å². The number of methoxy groups -OCH3 is 1. The molecule has 6 heteroatoms. The van der Waals surface area contributed by atoms with Crippen LogP contribution in [-0.4, -0.2) is 31.6 Å². The van der Waals surface area contributed by atoms with E-state index in [0.717, 1.165) is 18.4 Å². The summed E-state index contributed by atoms with van der Waals surface area (Å²) in [6.45, 7) is 1.61. The van der Waals surface area contributed by atoms with Gasteiger partial charge in [0.1, 0.15) is 0 Å². The van der Waals surface area contributed by atoms with Crippen LogP contribution in [0.5, 0.6) is 11.5 Å². The summed E-state index contributed by atoms with van der Waals surface area (Å²) in [5.74, 6) is 0.0371. The second-order valence-electron chi connectivity index (χ2n) is 6.51. The van der Waals surface area contributed by atoms with E-state index in [0.29, 0.717) is 17.1 Å². The van der Waals surface area contributed by atoms with Gasteiger partial charge in [0.05, 0.1) is 7.11 Å². The number of amides is 1. The number of hydrogen-bond donors (Lipinski definition) is 1. The molecule has 6 nitrogen and oxygen atoms in total. The minimum atomic E-state index is -0.997. The van der Waals surface area contributed by atoms with Gasteiger partial charge in [-0.05, 0) is 37.5 Å². The van der Waals surface area contributed by atoms with Crippen molar-refractivity contribution >= 4 is 11.9 Å². The maximum absolute atomic E-state index is 12.5. The number of ether oxygens (including phenoxy) is 3. The van der Waals surface area contributed by atoms with Gasteiger partial charge in [-0.15, -0.1) is 0 Å². The lowest BCUT2D eigenvalue weighted by Gasteiger charge is -2.18. The van der Waals surface area contributed by atoms with Gasteiger partial charge < -0.3 is 19.5 Å². The Morgan fingerprint density at radius 3 is 2.52 bits per heavy atom. The first-order chi connectivity index (χ1) is 13.1. The molecule has 0 bridgehead atoms. The highest BCUT2D eigenvalue weighted by Crippen LogP contribution is 2.28. The molecule has 0 spiro atoms. The van der Waals surface area contributed by atoms with E-state index in [2.05, 4.69) is 5.32 Å². The van der Waals surface area contributed by atoms with Gasteiger partial charge in [-0.2, -0.15) is 0 Å². The van der Waals surface area contributed by atoms with Gasteiger partial charge in [0.2, 0.25) is 6.10 Å². The van der Waals surface area contributed by atoms with Crippen LogP contribution in [0.3, 0.4) is 0 Å². The molecule has 1 fully saturated rings. The topological polar surface area (TPSA) is 73.9 Å². The van der Waals surface area contributed by atoms with E-state index in [9.17, 15) is 9.59 Å². The second-order valence-corrected chi connectivity index (χ2v) is 6.51. The number of carbonyl (C=O) groups excluding carboxylic acids is 2. The van der Waals surface area contributed by atoms with E-state index in [4.69, 9.17) is 14.2 Å². The fraction of sp³-hybridized carbons (Fsp3) is 0.333. The van der Waals surface area contributed by atoms with Gasteiger partial charge in [-0.1, -0.05) is 36.4 Å². The van der Waals surface area contributed by atoms with E-state index in [1.54, 1.807) is 30.3 Å². The number of benzene rings is 2. The first-order valence-electron chi connectivity index (χ1n) is 8.89. The lowest BCUT2D eigenvalue weighted by Crippen LogP contribution is -2.34. The van der Waals surface area contributed by atoms with E-state index in [1.807, 2.05) is 25.1 Å². The third-order valence-corrected chi connectivity index (χ3v) is 4.18. The summed E-state index contributed by atoms with van der Waals surface area (Å²) < 4.78 is 16.2. The van der Waals surface area contributed by atoms with Crippen LogP contribution in [0.2, 0.25) is 0 Å². The lowest BCUT2D eigenvalue weighted by atomic mass is 10.1. The molecule has 1 aliphatic rings. The Morgan fingerprint density at radius 1 is 1.11 bits per heavy atom. The predicted molar refractivity (Wildman–Crippen MR) is 99.7 cm³/mol. The van der Waals surface area contributed by atoms with E-state index in [1.165, 1.54) is 7.11 Å². The molecule has 1 aliphatic carbocycles. The highest BCUT2D eigenvalue weighted by Gasteiger charge is 2.30. The molecule has 142 valence electrons. The van der Waals surface area contributed by atoms with Crippen molar-refractivity contribution in [3.05, 3.63) is 59.7 Å². The van der Waals surface area contributed by atoms with Crippen molar-refractivity contribution < 1.29 is 23.8 Å². The smallest absolute Gasteiger partial charge is 0.345 e. The summed E-state index contributed by atoms with van der Waals surface area (Å²) in [4.78, 5) is 24.8. The number of rotatable bonds is 8. The Kier molecular flexibility index (Phi) is 5.96. The Hall–Kier alpha value is -3.02. The van der Waals surface area contributed by atoms with Crippen molar-refractivity contribution in [2.75, 3.05) is 13.7 Å². The number of aryl methyl sites for hydroxylation is 1. The van der Waals surface area contributed by atoms with E-state index >= 15 is 0 Å². The van der Waals surface area contributed by atoms with Crippen molar-refractivity contribution in [1.82, 2.24) is 5.32 Å². The Bertz CT molecular complexity index is 801. The van der Waals surface area contributed by atoms with Crippen molar-refractivity contribution in [2.24, 2.45) is 0 Å². The third-order valence-electron chi connectivity index (χ3n) is 4.18. The van der Waals surface area contributed by atoms with Gasteiger partial charge in [0.25, 0.3) is 5.91 Å². The second kappa shape index (κ2) is 8.58. The van der Waals surface area contributed by atoms with Gasteiger partial charge in [-0.25, -0.2) is 4.79 Å². The molecular weight excluding hydrogens is 346 g/mol. The van der Waals surface area contributed by atoms with Crippen LogP contribution in [0.25, 0.3) is 0 Å². The van der Waals surface area contributed by atoms with Crippen molar-refractivity contribution in [3.63, 3.8) is 0 Å². The Balaban J connectivity index is 1.64. The maximum atomic E-state index is 12.5. The van der Waals surface area contributed by atoms with E-state index in [-0.39, 0.29) is 18.6 Å². The third kappa shape index (κ3) is 5.23. The zero-order valence-corrected chi connectivity index (χ0v) is 15.4. The van der Waals surface area contributed by atoms with Crippen molar-refractivity contribution in [2.45, 2.75) is 31.9 Å². The predicted octanol–water partition coefficient (Wildman–Crippen LogP) is 2.95. The number of nitrogens with one attached hydrogen (secondary N) is 1. The van der Waals surface area contributed by atoms with Crippen LogP contribution in [-0.2, 0) is 14.3 Å². The summed E-state index contributed by atoms with van der Waals surface area (Å²) in [6, 6.07) is 14.5. The monoisotopic (exact) mass is 369 g/mol. The molecule has 1 N–H and O–H groups in total. The van der Waals surface area contributed by atoms with Gasteiger partial charge in [-0.3, -0.25) is 4.79 Å². The molecule has 0 heterocycles. The minimum absolute atomic E-state index is 0.176.